The maximum atomic E-state index is 12.9. The first-order chi connectivity index (χ1) is 6.72. The summed E-state index contributed by atoms with van der Waals surface area (Å²) in [6, 6.07) is 6.54. The van der Waals surface area contributed by atoms with Crippen LogP contribution in [-0.4, -0.2) is 18.3 Å². The van der Waals surface area contributed by atoms with Crippen molar-refractivity contribution in [3.63, 3.8) is 0 Å². The highest BCUT2D eigenvalue weighted by Crippen LogP contribution is 2.58. The second kappa shape index (κ2) is 3.33. The zero-order valence-electron chi connectivity index (χ0n) is 7.91. The van der Waals surface area contributed by atoms with Crippen molar-refractivity contribution in [1.82, 2.24) is 0 Å². The van der Waals surface area contributed by atoms with E-state index in [1.165, 1.54) is 12.1 Å². The number of hydrogen-bond acceptors (Lipinski definition) is 2. The zero-order valence-corrected chi connectivity index (χ0v) is 7.91. The van der Waals surface area contributed by atoms with E-state index in [1.807, 2.05) is 6.07 Å². The van der Waals surface area contributed by atoms with E-state index in [1.54, 1.807) is 6.07 Å². The molecule has 0 amide bonds. The summed E-state index contributed by atoms with van der Waals surface area (Å²) in [6.07, 6.45) is 0.865. The minimum absolute atomic E-state index is 0.0880. The van der Waals surface area contributed by atoms with Gasteiger partial charge in [-0.2, -0.15) is 0 Å². The molecule has 2 unspecified atom stereocenters. The van der Waals surface area contributed by atoms with Crippen molar-refractivity contribution in [2.24, 2.45) is 11.1 Å². The van der Waals surface area contributed by atoms with Crippen LogP contribution in [0.1, 0.15) is 17.9 Å². The predicted octanol–water partition coefficient (Wildman–Crippen LogP) is 1.25. The van der Waals surface area contributed by atoms with Crippen LogP contribution >= 0.6 is 0 Å². The summed E-state index contributed by atoms with van der Waals surface area (Å²) in [5, 5.41) is 9.18. The molecule has 0 radical (unpaired) electrons. The Balaban J connectivity index is 2.19. The van der Waals surface area contributed by atoms with Gasteiger partial charge in [-0.15, -0.1) is 0 Å². The minimum atomic E-state index is -0.224. The number of nitrogens with two attached hydrogens (primary N) is 1. The monoisotopic (exact) mass is 195 g/mol. The van der Waals surface area contributed by atoms with Crippen molar-refractivity contribution in [3.05, 3.63) is 35.6 Å². The van der Waals surface area contributed by atoms with Crippen LogP contribution in [0.5, 0.6) is 0 Å². The first kappa shape index (κ1) is 9.62. The van der Waals surface area contributed by atoms with E-state index in [-0.39, 0.29) is 23.8 Å². The molecule has 1 aliphatic rings. The molecule has 0 aromatic heterocycles. The number of aliphatic hydroxyl groups is 1. The van der Waals surface area contributed by atoms with Crippen molar-refractivity contribution in [1.29, 1.82) is 0 Å². The zero-order chi connectivity index (χ0) is 10.2. The average molecular weight is 195 g/mol. The second-order valence-electron chi connectivity index (χ2n) is 4.04. The maximum absolute atomic E-state index is 12.9. The molecule has 14 heavy (non-hydrogen) atoms. The van der Waals surface area contributed by atoms with E-state index in [2.05, 4.69) is 0 Å². The smallest absolute Gasteiger partial charge is 0.123 e. The molecular weight excluding hydrogens is 181 g/mol. The van der Waals surface area contributed by atoms with Gasteiger partial charge in [-0.3, -0.25) is 0 Å². The van der Waals surface area contributed by atoms with Gasteiger partial charge < -0.3 is 10.8 Å². The Morgan fingerprint density at radius 1 is 1.57 bits per heavy atom. The van der Waals surface area contributed by atoms with Gasteiger partial charge in [0.1, 0.15) is 5.82 Å². The largest absolute Gasteiger partial charge is 0.396 e. The van der Waals surface area contributed by atoms with E-state index >= 15 is 0 Å². The molecule has 2 atom stereocenters. The molecule has 1 fully saturated rings. The van der Waals surface area contributed by atoms with Gasteiger partial charge in [-0.1, -0.05) is 12.1 Å². The Kier molecular flexibility index (Phi) is 2.29. The minimum Gasteiger partial charge on any atom is -0.396 e. The molecule has 0 saturated heterocycles. The van der Waals surface area contributed by atoms with Gasteiger partial charge in [-0.25, -0.2) is 4.39 Å². The molecule has 3 heteroatoms. The number of rotatable bonds is 3. The van der Waals surface area contributed by atoms with Crippen molar-refractivity contribution < 1.29 is 9.50 Å². The first-order valence-electron chi connectivity index (χ1n) is 4.78. The third-order valence-electron chi connectivity index (χ3n) is 3.16. The number of benzene rings is 1. The summed E-state index contributed by atoms with van der Waals surface area (Å²) >= 11 is 0. The number of aliphatic hydroxyl groups excluding tert-OH is 1. The van der Waals surface area contributed by atoms with Crippen LogP contribution < -0.4 is 5.73 Å². The average Bonchev–Trinajstić information content (AvgIpc) is 2.93. The lowest BCUT2D eigenvalue weighted by Gasteiger charge is -2.10. The van der Waals surface area contributed by atoms with Crippen molar-refractivity contribution >= 4 is 0 Å². The first-order valence-corrected chi connectivity index (χ1v) is 4.78. The molecule has 1 saturated carbocycles. The van der Waals surface area contributed by atoms with Crippen LogP contribution in [0.2, 0.25) is 0 Å². The fraction of sp³-hybridized carbons (Fsp3) is 0.455. The van der Waals surface area contributed by atoms with Crippen LogP contribution in [0, 0.1) is 11.2 Å². The number of hydrogen-bond donors (Lipinski definition) is 2. The fourth-order valence-electron chi connectivity index (χ4n) is 2.01. The maximum Gasteiger partial charge on any atom is 0.123 e. The molecule has 0 spiro atoms. The van der Waals surface area contributed by atoms with Gasteiger partial charge in [0.15, 0.2) is 0 Å². The van der Waals surface area contributed by atoms with Crippen LogP contribution in [0.3, 0.4) is 0 Å². The highest BCUT2D eigenvalue weighted by molar-refractivity contribution is 5.30. The lowest BCUT2D eigenvalue weighted by molar-refractivity contribution is 0.211. The lowest BCUT2D eigenvalue weighted by Crippen LogP contribution is -2.21. The standard InChI is InChI=1S/C11H14FNO/c12-9-3-1-2-8(4-9)10-5-11(10,6-13)7-14/h1-4,10,14H,5-7,13H2. The fourth-order valence-corrected chi connectivity index (χ4v) is 2.01. The van der Waals surface area contributed by atoms with E-state index in [4.69, 9.17) is 5.73 Å². The topological polar surface area (TPSA) is 46.2 Å². The molecule has 0 bridgehead atoms. The summed E-state index contributed by atoms with van der Waals surface area (Å²) in [4.78, 5) is 0. The van der Waals surface area contributed by atoms with E-state index < -0.39 is 0 Å². The SMILES string of the molecule is NCC1(CO)CC1c1cccc(F)c1. The Hall–Kier alpha value is -0.930. The Morgan fingerprint density at radius 3 is 2.86 bits per heavy atom. The van der Waals surface area contributed by atoms with Crippen LogP contribution in [0.4, 0.5) is 4.39 Å². The molecule has 2 nitrogen and oxygen atoms in total. The van der Waals surface area contributed by atoms with E-state index in [0.29, 0.717) is 6.54 Å². The molecule has 2 rings (SSSR count). The predicted molar refractivity (Wildman–Crippen MR) is 52.3 cm³/mol. The molecule has 1 aliphatic carbocycles. The molecule has 0 heterocycles. The Bertz CT molecular complexity index is 336. The van der Waals surface area contributed by atoms with Crippen molar-refractivity contribution in [2.45, 2.75) is 12.3 Å². The van der Waals surface area contributed by atoms with Crippen LogP contribution in [0.25, 0.3) is 0 Å². The van der Waals surface area contributed by atoms with Gasteiger partial charge in [0.05, 0.1) is 6.61 Å². The van der Waals surface area contributed by atoms with E-state index in [9.17, 15) is 9.50 Å². The third kappa shape index (κ3) is 1.42. The Labute approximate surface area is 82.5 Å². The normalized spacial score (nSPS) is 30.4. The molecular formula is C11H14FNO. The Morgan fingerprint density at radius 2 is 2.36 bits per heavy atom. The summed E-state index contributed by atoms with van der Waals surface area (Å²) in [5.74, 6) is 0.00598. The number of halogens is 1. The van der Waals surface area contributed by atoms with Gasteiger partial charge >= 0.3 is 0 Å². The summed E-state index contributed by atoms with van der Waals surface area (Å²) in [5.41, 5.74) is 6.35. The van der Waals surface area contributed by atoms with Crippen molar-refractivity contribution in [2.75, 3.05) is 13.2 Å². The second-order valence-corrected chi connectivity index (χ2v) is 4.04. The van der Waals surface area contributed by atoms with Gasteiger partial charge in [-0.05, 0) is 30.0 Å². The van der Waals surface area contributed by atoms with Gasteiger partial charge in [0, 0.05) is 12.0 Å². The van der Waals surface area contributed by atoms with Gasteiger partial charge in [0.2, 0.25) is 0 Å². The molecule has 3 N–H and O–H groups in total. The summed E-state index contributed by atoms with van der Waals surface area (Å²) in [6.45, 7) is 0.551. The molecule has 1 aromatic carbocycles. The quantitative estimate of drug-likeness (QED) is 0.762. The molecule has 0 aliphatic heterocycles. The highest BCUT2D eigenvalue weighted by atomic mass is 19.1. The van der Waals surface area contributed by atoms with Crippen molar-refractivity contribution in [3.8, 4) is 0 Å². The van der Waals surface area contributed by atoms with Crippen LogP contribution in [0.15, 0.2) is 24.3 Å². The summed E-state index contributed by atoms with van der Waals surface area (Å²) < 4.78 is 12.9. The van der Waals surface area contributed by atoms with Crippen LogP contribution in [-0.2, 0) is 0 Å². The highest BCUT2D eigenvalue weighted by Gasteiger charge is 2.53. The van der Waals surface area contributed by atoms with E-state index in [0.717, 1.165) is 12.0 Å². The summed E-state index contributed by atoms with van der Waals surface area (Å²) in [7, 11) is 0. The molecule has 76 valence electrons. The third-order valence-corrected chi connectivity index (χ3v) is 3.16. The lowest BCUT2D eigenvalue weighted by atomic mass is 10.0. The molecule has 1 aromatic rings. The van der Waals surface area contributed by atoms with Gasteiger partial charge in [0.25, 0.3) is 0 Å².